The maximum absolute atomic E-state index is 13.9. The molecule has 4 heteroatoms. The number of halogens is 1. The van der Waals surface area contributed by atoms with Crippen molar-refractivity contribution in [1.29, 1.82) is 0 Å². The Morgan fingerprint density at radius 1 is 1.24 bits per heavy atom. The van der Waals surface area contributed by atoms with Crippen LogP contribution in [0.2, 0.25) is 0 Å². The van der Waals surface area contributed by atoms with Gasteiger partial charge in [-0.1, -0.05) is 24.3 Å². The van der Waals surface area contributed by atoms with Crippen LogP contribution in [0.25, 0.3) is 17.2 Å². The van der Waals surface area contributed by atoms with Crippen molar-refractivity contribution in [2.45, 2.75) is 6.10 Å². The van der Waals surface area contributed by atoms with Crippen molar-refractivity contribution in [1.82, 2.24) is 0 Å². The highest BCUT2D eigenvalue weighted by atomic mass is 19.1. The molecule has 3 nitrogen and oxygen atoms in total. The zero-order valence-corrected chi connectivity index (χ0v) is 11.7. The molecule has 0 bridgehead atoms. The molecule has 0 aromatic heterocycles. The summed E-state index contributed by atoms with van der Waals surface area (Å²) in [5.41, 5.74) is 7.83. The molecular weight excluding hydrogens is 269 g/mol. The van der Waals surface area contributed by atoms with Gasteiger partial charge in [-0.05, 0) is 24.3 Å². The fourth-order valence-electron chi connectivity index (χ4n) is 2.47. The molecule has 2 aromatic rings. The van der Waals surface area contributed by atoms with E-state index in [1.807, 2.05) is 36.4 Å². The number of hydrogen-bond donors (Lipinski definition) is 1. The quantitative estimate of drug-likeness (QED) is 0.941. The van der Waals surface area contributed by atoms with E-state index in [0.29, 0.717) is 29.2 Å². The van der Waals surface area contributed by atoms with Gasteiger partial charge >= 0.3 is 0 Å². The van der Waals surface area contributed by atoms with Gasteiger partial charge in [0.05, 0.1) is 7.11 Å². The summed E-state index contributed by atoms with van der Waals surface area (Å²) in [5, 5.41) is 0. The van der Waals surface area contributed by atoms with Crippen LogP contribution in [0.4, 0.5) is 4.39 Å². The molecule has 2 aromatic carbocycles. The van der Waals surface area contributed by atoms with Crippen LogP contribution in [0.15, 0.2) is 42.5 Å². The van der Waals surface area contributed by atoms with Crippen LogP contribution < -0.4 is 15.2 Å². The molecule has 0 amide bonds. The fourth-order valence-corrected chi connectivity index (χ4v) is 2.47. The predicted octanol–water partition coefficient (Wildman–Crippen LogP) is 3.23. The average molecular weight is 285 g/mol. The Morgan fingerprint density at radius 2 is 2.05 bits per heavy atom. The van der Waals surface area contributed by atoms with E-state index in [9.17, 15) is 4.39 Å². The minimum Gasteiger partial charge on any atom is -0.496 e. The van der Waals surface area contributed by atoms with E-state index in [1.165, 1.54) is 12.1 Å². The lowest BCUT2D eigenvalue weighted by molar-refractivity contribution is 0.254. The standard InChI is InChI=1S/C17H16FNO2/c1-20-16-5-3-2-4-14(16)15-9-12(18)8-11-6-7-13(10-19)21-17(11)15/h2-9,13H,10,19H2,1H3/t13-/m1/s1. The second-order valence-electron chi connectivity index (χ2n) is 4.82. The van der Waals surface area contributed by atoms with Crippen LogP contribution in [0, 0.1) is 5.82 Å². The highest BCUT2D eigenvalue weighted by molar-refractivity contribution is 5.81. The molecule has 1 aliphatic heterocycles. The minimum atomic E-state index is -0.311. The Bertz CT molecular complexity index is 697. The Hall–Kier alpha value is -2.33. The van der Waals surface area contributed by atoms with Crippen molar-refractivity contribution >= 4 is 6.08 Å². The van der Waals surface area contributed by atoms with E-state index < -0.39 is 0 Å². The topological polar surface area (TPSA) is 44.5 Å². The number of methoxy groups -OCH3 is 1. The van der Waals surface area contributed by atoms with Gasteiger partial charge in [-0.2, -0.15) is 0 Å². The van der Waals surface area contributed by atoms with Crippen molar-refractivity contribution < 1.29 is 13.9 Å². The summed E-state index contributed by atoms with van der Waals surface area (Å²) in [6.07, 6.45) is 3.49. The Kier molecular flexibility index (Phi) is 3.62. The SMILES string of the molecule is COc1ccccc1-c1cc(F)cc2c1O[C@@H](CN)C=C2. The third kappa shape index (κ3) is 2.50. The van der Waals surface area contributed by atoms with Gasteiger partial charge < -0.3 is 15.2 Å². The van der Waals surface area contributed by atoms with Gasteiger partial charge in [0.15, 0.2) is 0 Å². The summed E-state index contributed by atoms with van der Waals surface area (Å²) < 4.78 is 25.2. The molecule has 0 fully saturated rings. The smallest absolute Gasteiger partial charge is 0.135 e. The van der Waals surface area contributed by atoms with Crippen LogP contribution in [-0.2, 0) is 0 Å². The highest BCUT2D eigenvalue weighted by Gasteiger charge is 2.21. The summed E-state index contributed by atoms with van der Waals surface area (Å²) in [7, 11) is 1.59. The molecule has 3 rings (SSSR count). The summed E-state index contributed by atoms with van der Waals surface area (Å²) in [6.45, 7) is 0.374. The molecule has 0 radical (unpaired) electrons. The van der Waals surface area contributed by atoms with E-state index in [-0.39, 0.29) is 11.9 Å². The van der Waals surface area contributed by atoms with Crippen LogP contribution in [0.5, 0.6) is 11.5 Å². The largest absolute Gasteiger partial charge is 0.496 e. The van der Waals surface area contributed by atoms with Crippen molar-refractivity contribution in [3.8, 4) is 22.6 Å². The normalized spacial score (nSPS) is 16.2. The molecule has 2 N–H and O–H groups in total. The number of nitrogens with two attached hydrogens (primary N) is 1. The molecular formula is C17H16FNO2. The van der Waals surface area contributed by atoms with Gasteiger partial charge in [-0.3, -0.25) is 0 Å². The maximum atomic E-state index is 13.9. The monoisotopic (exact) mass is 285 g/mol. The Morgan fingerprint density at radius 3 is 2.81 bits per heavy atom. The Labute approximate surface area is 122 Å². The van der Waals surface area contributed by atoms with E-state index in [2.05, 4.69) is 0 Å². The summed E-state index contributed by atoms with van der Waals surface area (Å²) in [6, 6.07) is 10.4. The maximum Gasteiger partial charge on any atom is 0.135 e. The van der Waals surface area contributed by atoms with Gasteiger partial charge in [-0.15, -0.1) is 0 Å². The third-order valence-corrected chi connectivity index (χ3v) is 3.47. The lowest BCUT2D eigenvalue weighted by atomic mass is 9.98. The fraction of sp³-hybridized carbons (Fsp3) is 0.176. The second kappa shape index (κ2) is 5.58. The third-order valence-electron chi connectivity index (χ3n) is 3.47. The van der Waals surface area contributed by atoms with Gasteiger partial charge in [0.25, 0.3) is 0 Å². The van der Waals surface area contributed by atoms with Crippen LogP contribution in [0.3, 0.4) is 0 Å². The first kappa shape index (κ1) is 13.6. The molecule has 1 atom stereocenters. The molecule has 0 unspecified atom stereocenters. The number of benzene rings is 2. The van der Waals surface area contributed by atoms with Crippen molar-refractivity contribution in [2.75, 3.05) is 13.7 Å². The lowest BCUT2D eigenvalue weighted by Crippen LogP contribution is -2.26. The van der Waals surface area contributed by atoms with Crippen molar-refractivity contribution in [3.05, 3.63) is 53.9 Å². The average Bonchev–Trinajstić information content (AvgIpc) is 2.53. The molecule has 108 valence electrons. The van der Waals surface area contributed by atoms with E-state index in [0.717, 1.165) is 5.56 Å². The van der Waals surface area contributed by atoms with Crippen LogP contribution >= 0.6 is 0 Å². The molecule has 0 saturated heterocycles. The van der Waals surface area contributed by atoms with Crippen molar-refractivity contribution in [2.24, 2.45) is 5.73 Å². The van der Waals surface area contributed by atoms with Crippen LogP contribution in [0.1, 0.15) is 5.56 Å². The zero-order chi connectivity index (χ0) is 14.8. The molecule has 0 saturated carbocycles. The van der Waals surface area contributed by atoms with Gasteiger partial charge in [-0.25, -0.2) is 4.39 Å². The molecule has 21 heavy (non-hydrogen) atoms. The van der Waals surface area contributed by atoms with E-state index >= 15 is 0 Å². The summed E-state index contributed by atoms with van der Waals surface area (Å²) >= 11 is 0. The van der Waals surface area contributed by atoms with Gasteiger partial charge in [0.2, 0.25) is 0 Å². The van der Waals surface area contributed by atoms with Gasteiger partial charge in [0, 0.05) is 23.2 Å². The zero-order valence-electron chi connectivity index (χ0n) is 11.7. The molecule has 0 aliphatic carbocycles. The first-order valence-electron chi connectivity index (χ1n) is 6.75. The molecule has 0 spiro atoms. The summed E-state index contributed by atoms with van der Waals surface area (Å²) in [5.74, 6) is 1.00. The van der Waals surface area contributed by atoms with Gasteiger partial charge in [0.1, 0.15) is 23.4 Å². The number of para-hydroxylation sites is 1. The Balaban J connectivity index is 2.20. The number of fused-ring (bicyclic) bond motifs is 1. The first-order valence-corrected chi connectivity index (χ1v) is 6.75. The van der Waals surface area contributed by atoms with Crippen LogP contribution in [-0.4, -0.2) is 19.8 Å². The molecule has 1 aliphatic rings. The lowest BCUT2D eigenvalue weighted by Gasteiger charge is -2.23. The van der Waals surface area contributed by atoms with E-state index in [4.69, 9.17) is 15.2 Å². The first-order chi connectivity index (χ1) is 10.2. The second-order valence-corrected chi connectivity index (χ2v) is 4.82. The van der Waals surface area contributed by atoms with E-state index in [1.54, 1.807) is 7.11 Å². The minimum absolute atomic E-state index is 0.198. The number of ether oxygens (including phenoxy) is 2. The highest BCUT2D eigenvalue weighted by Crippen LogP contribution is 2.41. The number of rotatable bonds is 3. The van der Waals surface area contributed by atoms with Crippen molar-refractivity contribution in [3.63, 3.8) is 0 Å². The molecule has 1 heterocycles. The summed E-state index contributed by atoms with van der Waals surface area (Å²) in [4.78, 5) is 0. The predicted molar refractivity (Wildman–Crippen MR) is 80.9 cm³/mol. The number of hydrogen-bond acceptors (Lipinski definition) is 3.